The van der Waals surface area contributed by atoms with Crippen LogP contribution in [0.1, 0.15) is 26.7 Å². The Morgan fingerprint density at radius 3 is 2.40 bits per heavy atom. The number of urea groups is 1. The highest BCUT2D eigenvalue weighted by Crippen LogP contribution is 2.14. The number of nitrogens with one attached hydrogen (secondary N) is 2. The van der Waals surface area contributed by atoms with Crippen LogP contribution >= 0.6 is 0 Å². The van der Waals surface area contributed by atoms with Crippen LogP contribution in [0.25, 0.3) is 0 Å². The normalized spacial score (nSPS) is 11.8. The van der Waals surface area contributed by atoms with Gasteiger partial charge in [-0.1, -0.05) is 13.8 Å². The molecule has 1 atom stereocenters. The van der Waals surface area contributed by atoms with Crippen molar-refractivity contribution < 1.29 is 24.2 Å². The summed E-state index contributed by atoms with van der Waals surface area (Å²) in [7, 11) is 0. The van der Waals surface area contributed by atoms with E-state index in [1.807, 2.05) is 13.8 Å². The number of carbonyl (C=O) groups is 3. The molecule has 3 amide bonds. The maximum atomic E-state index is 11.4. The Morgan fingerprint density at radius 1 is 1.25 bits per heavy atom. The minimum absolute atomic E-state index is 0.00664. The first-order valence-corrected chi connectivity index (χ1v) is 6.47. The molecule has 0 aromatic heterocycles. The zero-order valence-electron chi connectivity index (χ0n) is 11.8. The van der Waals surface area contributed by atoms with Crippen molar-refractivity contribution in [3.8, 4) is 0 Å². The van der Waals surface area contributed by atoms with Crippen LogP contribution in [-0.2, 0) is 9.53 Å². The number of hydrogen-bond donors (Lipinski definition) is 4. The molecule has 0 unspecified atom stereocenters. The summed E-state index contributed by atoms with van der Waals surface area (Å²) in [4.78, 5) is 32.4. The van der Waals surface area contributed by atoms with Crippen LogP contribution in [0.15, 0.2) is 0 Å². The molecule has 0 aliphatic carbocycles. The molecule has 20 heavy (non-hydrogen) atoms. The number of carbonyl (C=O) groups excluding carboxylic acids is 2. The number of amides is 3. The Labute approximate surface area is 118 Å². The van der Waals surface area contributed by atoms with Crippen molar-refractivity contribution in [2.75, 3.05) is 19.7 Å². The van der Waals surface area contributed by atoms with Crippen LogP contribution in [0.4, 0.5) is 9.59 Å². The molecule has 0 aromatic carbocycles. The molecular weight excluding hydrogens is 266 g/mol. The van der Waals surface area contributed by atoms with E-state index >= 15 is 0 Å². The second-order valence-electron chi connectivity index (χ2n) is 4.90. The first-order chi connectivity index (χ1) is 9.31. The Kier molecular flexibility index (Phi) is 8.89. The molecule has 0 aliphatic heterocycles. The maximum Gasteiger partial charge on any atom is 0.404 e. The van der Waals surface area contributed by atoms with Gasteiger partial charge in [-0.3, -0.25) is 4.79 Å². The van der Waals surface area contributed by atoms with E-state index in [0.29, 0.717) is 5.92 Å². The fourth-order valence-electron chi connectivity index (χ4n) is 1.77. The summed E-state index contributed by atoms with van der Waals surface area (Å²) in [5, 5.41) is 13.9. The lowest BCUT2D eigenvalue weighted by Gasteiger charge is -2.18. The maximum absolute atomic E-state index is 11.4. The Hall–Kier alpha value is -1.99. The highest BCUT2D eigenvalue weighted by atomic mass is 16.5. The summed E-state index contributed by atoms with van der Waals surface area (Å²) in [5.41, 5.74) is 4.76. The van der Waals surface area contributed by atoms with Crippen molar-refractivity contribution in [1.82, 2.24) is 10.6 Å². The van der Waals surface area contributed by atoms with Gasteiger partial charge >= 0.3 is 18.1 Å². The number of aliphatic carboxylic acids is 1. The van der Waals surface area contributed by atoms with Gasteiger partial charge in [0.1, 0.15) is 6.61 Å². The highest BCUT2D eigenvalue weighted by molar-refractivity contribution is 5.74. The molecule has 116 valence electrons. The second-order valence-corrected chi connectivity index (χ2v) is 4.90. The summed E-state index contributed by atoms with van der Waals surface area (Å²) >= 11 is 0. The lowest BCUT2D eigenvalue weighted by molar-refractivity contribution is -0.138. The lowest BCUT2D eigenvalue weighted by atomic mass is 9.94. The van der Waals surface area contributed by atoms with Crippen molar-refractivity contribution in [2.24, 2.45) is 17.6 Å². The molecule has 0 saturated heterocycles. The van der Waals surface area contributed by atoms with Gasteiger partial charge in [-0.25, -0.2) is 9.59 Å². The fraction of sp³-hybridized carbons (Fsp3) is 0.750. The minimum Gasteiger partial charge on any atom is -0.481 e. The topological polar surface area (TPSA) is 131 Å². The van der Waals surface area contributed by atoms with Crippen LogP contribution in [0.5, 0.6) is 0 Å². The number of rotatable bonds is 9. The predicted octanol–water partition coefficient (Wildman–Crippen LogP) is 0.518. The third-order valence-corrected chi connectivity index (χ3v) is 2.45. The largest absolute Gasteiger partial charge is 0.481 e. The van der Waals surface area contributed by atoms with Gasteiger partial charge in [-0.05, 0) is 18.3 Å². The molecule has 8 heteroatoms. The van der Waals surface area contributed by atoms with E-state index in [2.05, 4.69) is 15.4 Å². The third kappa shape index (κ3) is 11.1. The monoisotopic (exact) mass is 289 g/mol. The van der Waals surface area contributed by atoms with Gasteiger partial charge in [0.25, 0.3) is 0 Å². The number of ether oxygens (including phenoxy) is 1. The van der Waals surface area contributed by atoms with Crippen LogP contribution in [0, 0.1) is 11.8 Å². The van der Waals surface area contributed by atoms with E-state index in [4.69, 9.17) is 10.8 Å². The lowest BCUT2D eigenvalue weighted by Crippen LogP contribution is -2.40. The number of hydrogen-bond acceptors (Lipinski definition) is 4. The molecular formula is C12H23N3O5. The zero-order valence-corrected chi connectivity index (χ0v) is 11.8. The summed E-state index contributed by atoms with van der Waals surface area (Å²) in [6.07, 6.45) is -0.161. The molecule has 0 bridgehead atoms. The van der Waals surface area contributed by atoms with Crippen LogP contribution in [0.3, 0.4) is 0 Å². The molecule has 8 nitrogen and oxygen atoms in total. The molecule has 0 aromatic rings. The quantitative estimate of drug-likeness (QED) is 0.459. The minimum atomic E-state index is -0.898. The average molecular weight is 289 g/mol. The first-order valence-electron chi connectivity index (χ1n) is 6.47. The second kappa shape index (κ2) is 9.88. The molecule has 0 saturated carbocycles. The molecule has 0 radical (unpaired) electrons. The van der Waals surface area contributed by atoms with Gasteiger partial charge < -0.3 is 26.2 Å². The van der Waals surface area contributed by atoms with E-state index in [-0.39, 0.29) is 32.0 Å². The predicted molar refractivity (Wildman–Crippen MR) is 72.1 cm³/mol. The van der Waals surface area contributed by atoms with E-state index in [1.165, 1.54) is 0 Å². The standard InChI is InChI=1S/C12H23N3O5/c1-8(2)5-9(6-10(16)17)7-15-12(19)14-3-4-20-11(13)18/h8-9H,3-7H2,1-2H3,(H2,13,18)(H,16,17)(H2,14,15,19)/t9-/m0/s1. The number of primary amides is 1. The third-order valence-electron chi connectivity index (χ3n) is 2.45. The molecule has 0 aliphatic rings. The summed E-state index contributed by atoms with van der Waals surface area (Å²) < 4.78 is 4.44. The van der Waals surface area contributed by atoms with Gasteiger partial charge in [0.05, 0.1) is 6.54 Å². The van der Waals surface area contributed by atoms with E-state index in [1.54, 1.807) is 0 Å². The average Bonchev–Trinajstić information content (AvgIpc) is 2.30. The Balaban J connectivity index is 3.91. The van der Waals surface area contributed by atoms with Gasteiger partial charge in [0, 0.05) is 13.0 Å². The summed E-state index contributed by atoms with van der Waals surface area (Å²) in [6, 6.07) is -0.433. The fourth-order valence-corrected chi connectivity index (χ4v) is 1.77. The van der Waals surface area contributed by atoms with Crippen LogP contribution in [0.2, 0.25) is 0 Å². The van der Waals surface area contributed by atoms with Crippen molar-refractivity contribution in [1.29, 1.82) is 0 Å². The molecule has 0 fully saturated rings. The summed E-state index contributed by atoms with van der Waals surface area (Å²) in [6.45, 7) is 4.41. The van der Waals surface area contributed by atoms with Gasteiger partial charge in [-0.15, -0.1) is 0 Å². The van der Waals surface area contributed by atoms with E-state index in [9.17, 15) is 14.4 Å². The highest BCUT2D eigenvalue weighted by Gasteiger charge is 2.15. The Morgan fingerprint density at radius 2 is 1.90 bits per heavy atom. The Bertz CT molecular complexity index is 333. The van der Waals surface area contributed by atoms with Gasteiger partial charge in [0.2, 0.25) is 0 Å². The van der Waals surface area contributed by atoms with Gasteiger partial charge in [-0.2, -0.15) is 0 Å². The summed E-state index contributed by atoms with van der Waals surface area (Å²) in [5.74, 6) is -0.638. The number of nitrogens with two attached hydrogens (primary N) is 1. The smallest absolute Gasteiger partial charge is 0.404 e. The zero-order chi connectivity index (χ0) is 15.5. The number of carboxylic acid groups (broad SMARTS) is 1. The number of carboxylic acids is 1. The first kappa shape index (κ1) is 18.0. The van der Waals surface area contributed by atoms with Crippen molar-refractivity contribution >= 4 is 18.1 Å². The van der Waals surface area contributed by atoms with Crippen molar-refractivity contribution in [3.63, 3.8) is 0 Å². The van der Waals surface area contributed by atoms with Crippen LogP contribution in [-0.4, -0.2) is 42.9 Å². The van der Waals surface area contributed by atoms with Gasteiger partial charge in [0.15, 0.2) is 0 Å². The molecule has 0 heterocycles. The van der Waals surface area contributed by atoms with E-state index < -0.39 is 18.1 Å². The molecule has 0 spiro atoms. The van der Waals surface area contributed by atoms with Crippen molar-refractivity contribution in [2.45, 2.75) is 26.7 Å². The molecule has 0 rings (SSSR count). The van der Waals surface area contributed by atoms with Crippen LogP contribution < -0.4 is 16.4 Å². The van der Waals surface area contributed by atoms with Crippen molar-refractivity contribution in [3.05, 3.63) is 0 Å². The SMILES string of the molecule is CC(C)C[C@H](CNC(=O)NCCOC(N)=O)CC(=O)O. The molecule has 5 N–H and O–H groups in total. The van der Waals surface area contributed by atoms with E-state index in [0.717, 1.165) is 6.42 Å².